The van der Waals surface area contributed by atoms with Gasteiger partial charge < -0.3 is 14.8 Å². The monoisotopic (exact) mass is 363 g/mol. The molecule has 0 saturated carbocycles. The van der Waals surface area contributed by atoms with Crippen LogP contribution in [0.5, 0.6) is 11.5 Å². The molecule has 0 radical (unpaired) electrons. The van der Waals surface area contributed by atoms with Crippen LogP contribution in [-0.4, -0.2) is 19.8 Å². The van der Waals surface area contributed by atoms with Gasteiger partial charge >= 0.3 is 0 Å². The van der Waals surface area contributed by atoms with Gasteiger partial charge in [-0.3, -0.25) is 0 Å². The van der Waals surface area contributed by atoms with E-state index in [-0.39, 0.29) is 12.4 Å². The van der Waals surface area contributed by atoms with Gasteiger partial charge in [0, 0.05) is 6.54 Å². The van der Waals surface area contributed by atoms with Crippen molar-refractivity contribution in [2.24, 2.45) is 0 Å². The Morgan fingerprint density at radius 1 is 0.957 bits per heavy atom. The molecule has 23 heavy (non-hydrogen) atoms. The lowest BCUT2D eigenvalue weighted by Crippen LogP contribution is -2.15. The number of ether oxygens (including phenoxy) is 2. The summed E-state index contributed by atoms with van der Waals surface area (Å²) in [5, 5.41) is 4.09. The first-order chi connectivity index (χ1) is 10.7. The van der Waals surface area contributed by atoms with Crippen LogP contribution in [0.15, 0.2) is 12.1 Å². The fourth-order valence-electron chi connectivity index (χ4n) is 2.36. The molecule has 0 amide bonds. The Morgan fingerprint density at radius 3 is 2.30 bits per heavy atom. The standard InChI is InChI=1S/C18H30ClNO2.ClH/c1-4-7-8-9-10-11-20-14-15-12-16(19)18(22-6-3)17(13-15)21-5-2;/h12-13,20H,4-11,14H2,1-3H3;1H. The van der Waals surface area contributed by atoms with Gasteiger partial charge in [-0.05, 0) is 44.5 Å². The predicted octanol–water partition coefficient (Wildman–Crippen LogP) is 5.62. The largest absolute Gasteiger partial charge is 0.490 e. The maximum atomic E-state index is 6.31. The van der Waals surface area contributed by atoms with Crippen LogP contribution in [0, 0.1) is 0 Å². The van der Waals surface area contributed by atoms with E-state index in [1.54, 1.807) is 0 Å². The Bertz CT molecular complexity index is 428. The summed E-state index contributed by atoms with van der Waals surface area (Å²) in [6, 6.07) is 3.98. The zero-order chi connectivity index (χ0) is 16.2. The van der Waals surface area contributed by atoms with Gasteiger partial charge in [-0.25, -0.2) is 0 Å². The van der Waals surface area contributed by atoms with E-state index in [1.807, 2.05) is 26.0 Å². The summed E-state index contributed by atoms with van der Waals surface area (Å²) in [6.45, 7) is 9.17. The molecule has 1 aromatic rings. The van der Waals surface area contributed by atoms with Gasteiger partial charge in [0.15, 0.2) is 11.5 Å². The van der Waals surface area contributed by atoms with Crippen LogP contribution in [0.25, 0.3) is 0 Å². The third-order valence-electron chi connectivity index (χ3n) is 3.44. The Hall–Kier alpha value is -0.640. The van der Waals surface area contributed by atoms with E-state index in [0.717, 1.165) is 24.4 Å². The Balaban J connectivity index is 0.00000484. The van der Waals surface area contributed by atoms with Crippen molar-refractivity contribution in [2.45, 2.75) is 59.4 Å². The first-order valence-corrected chi connectivity index (χ1v) is 8.89. The van der Waals surface area contributed by atoms with E-state index in [2.05, 4.69) is 12.2 Å². The van der Waals surface area contributed by atoms with Crippen molar-refractivity contribution in [1.82, 2.24) is 5.32 Å². The number of hydrogen-bond acceptors (Lipinski definition) is 3. The van der Waals surface area contributed by atoms with Crippen LogP contribution in [0.4, 0.5) is 0 Å². The van der Waals surface area contributed by atoms with E-state index in [1.165, 1.54) is 32.1 Å². The first kappa shape index (κ1) is 22.4. The smallest absolute Gasteiger partial charge is 0.179 e. The Kier molecular flexibility index (Phi) is 13.4. The van der Waals surface area contributed by atoms with Gasteiger partial charge in [-0.2, -0.15) is 0 Å². The molecule has 0 bridgehead atoms. The third-order valence-corrected chi connectivity index (χ3v) is 3.72. The minimum Gasteiger partial charge on any atom is -0.490 e. The zero-order valence-electron chi connectivity index (χ0n) is 14.6. The number of nitrogens with one attached hydrogen (secondary N) is 1. The highest BCUT2D eigenvalue weighted by molar-refractivity contribution is 6.32. The van der Waals surface area contributed by atoms with E-state index in [9.17, 15) is 0 Å². The highest BCUT2D eigenvalue weighted by atomic mass is 35.5. The van der Waals surface area contributed by atoms with E-state index in [4.69, 9.17) is 21.1 Å². The van der Waals surface area contributed by atoms with Gasteiger partial charge in [0.1, 0.15) is 0 Å². The summed E-state index contributed by atoms with van der Waals surface area (Å²) < 4.78 is 11.2. The van der Waals surface area contributed by atoms with Crippen molar-refractivity contribution >= 4 is 24.0 Å². The van der Waals surface area contributed by atoms with Gasteiger partial charge in [0.25, 0.3) is 0 Å². The molecule has 0 aliphatic carbocycles. The molecular weight excluding hydrogens is 333 g/mol. The lowest BCUT2D eigenvalue weighted by atomic mass is 10.1. The summed E-state index contributed by atoms with van der Waals surface area (Å²) in [6.07, 6.45) is 6.49. The van der Waals surface area contributed by atoms with Crippen LogP contribution < -0.4 is 14.8 Å². The number of unbranched alkanes of at least 4 members (excludes halogenated alkanes) is 4. The molecule has 1 aromatic carbocycles. The normalized spacial score (nSPS) is 10.3. The Morgan fingerprint density at radius 2 is 1.65 bits per heavy atom. The molecule has 0 atom stereocenters. The average Bonchev–Trinajstić information content (AvgIpc) is 2.50. The van der Waals surface area contributed by atoms with Gasteiger partial charge in [-0.1, -0.05) is 44.2 Å². The van der Waals surface area contributed by atoms with Crippen molar-refractivity contribution in [3.8, 4) is 11.5 Å². The lowest BCUT2D eigenvalue weighted by molar-refractivity contribution is 0.287. The van der Waals surface area contributed by atoms with Crippen molar-refractivity contribution < 1.29 is 9.47 Å². The molecule has 5 heteroatoms. The molecule has 0 aromatic heterocycles. The summed E-state index contributed by atoms with van der Waals surface area (Å²) in [4.78, 5) is 0. The molecule has 0 spiro atoms. The summed E-state index contributed by atoms with van der Waals surface area (Å²) >= 11 is 6.31. The molecule has 0 aliphatic rings. The van der Waals surface area contributed by atoms with Crippen molar-refractivity contribution in [1.29, 1.82) is 0 Å². The second-order valence-corrected chi connectivity index (χ2v) is 5.77. The second kappa shape index (κ2) is 13.8. The van der Waals surface area contributed by atoms with Gasteiger partial charge in [-0.15, -0.1) is 12.4 Å². The maximum absolute atomic E-state index is 6.31. The van der Waals surface area contributed by atoms with Crippen LogP contribution >= 0.6 is 24.0 Å². The molecule has 0 heterocycles. The van der Waals surface area contributed by atoms with E-state index in [0.29, 0.717) is 24.0 Å². The zero-order valence-corrected chi connectivity index (χ0v) is 16.2. The fourth-order valence-corrected chi connectivity index (χ4v) is 2.64. The summed E-state index contributed by atoms with van der Waals surface area (Å²) in [7, 11) is 0. The van der Waals surface area contributed by atoms with Crippen molar-refractivity contribution in [3.63, 3.8) is 0 Å². The highest BCUT2D eigenvalue weighted by Crippen LogP contribution is 2.36. The van der Waals surface area contributed by atoms with Gasteiger partial charge in [0.05, 0.1) is 18.2 Å². The van der Waals surface area contributed by atoms with Gasteiger partial charge in [0.2, 0.25) is 0 Å². The number of rotatable bonds is 12. The van der Waals surface area contributed by atoms with E-state index < -0.39 is 0 Å². The average molecular weight is 364 g/mol. The first-order valence-electron chi connectivity index (χ1n) is 8.51. The SMILES string of the molecule is CCCCCCCNCc1cc(Cl)c(OCC)c(OCC)c1.Cl. The molecule has 0 unspecified atom stereocenters. The molecule has 134 valence electrons. The molecule has 0 saturated heterocycles. The van der Waals surface area contributed by atoms with Crippen molar-refractivity contribution in [2.75, 3.05) is 19.8 Å². The highest BCUT2D eigenvalue weighted by Gasteiger charge is 2.12. The van der Waals surface area contributed by atoms with Crippen LogP contribution in [0.2, 0.25) is 5.02 Å². The number of benzene rings is 1. The minimum absolute atomic E-state index is 0. The van der Waals surface area contributed by atoms with Crippen molar-refractivity contribution in [3.05, 3.63) is 22.7 Å². The molecule has 1 N–H and O–H groups in total. The maximum Gasteiger partial charge on any atom is 0.179 e. The molecule has 1 rings (SSSR count). The quantitative estimate of drug-likeness (QED) is 0.488. The lowest BCUT2D eigenvalue weighted by Gasteiger charge is -2.14. The summed E-state index contributed by atoms with van der Waals surface area (Å²) in [5.41, 5.74) is 1.13. The van der Waals surface area contributed by atoms with E-state index >= 15 is 0 Å². The molecule has 0 aliphatic heterocycles. The predicted molar refractivity (Wildman–Crippen MR) is 102 cm³/mol. The minimum atomic E-state index is 0. The molecule has 0 fully saturated rings. The Labute approximate surface area is 152 Å². The molecule has 3 nitrogen and oxygen atoms in total. The topological polar surface area (TPSA) is 30.5 Å². The second-order valence-electron chi connectivity index (χ2n) is 5.36. The van der Waals surface area contributed by atoms with Crippen LogP contribution in [0.3, 0.4) is 0 Å². The third kappa shape index (κ3) is 8.69. The van der Waals surface area contributed by atoms with Crippen LogP contribution in [-0.2, 0) is 6.54 Å². The number of halogens is 2. The summed E-state index contributed by atoms with van der Waals surface area (Å²) in [5.74, 6) is 1.38. The fraction of sp³-hybridized carbons (Fsp3) is 0.667. The molecular formula is C18H31Cl2NO2. The van der Waals surface area contributed by atoms with Crippen LogP contribution in [0.1, 0.15) is 58.4 Å². The number of hydrogen-bond donors (Lipinski definition) is 1.